The first kappa shape index (κ1) is 28.7. The molecule has 196 valence electrons. The SMILES string of the molecule is CCCCCNC(=O)N(C)c1cccc(-c2ccc(C(C)=C(OC)C(=O)O)cc2OCCOCC)c1. The van der Waals surface area contributed by atoms with E-state index in [1.807, 2.05) is 43.3 Å². The van der Waals surface area contributed by atoms with Crippen LogP contribution < -0.4 is 15.0 Å². The molecule has 0 aromatic heterocycles. The summed E-state index contributed by atoms with van der Waals surface area (Å²) in [6.45, 7) is 7.73. The van der Waals surface area contributed by atoms with Crippen molar-refractivity contribution < 1.29 is 28.9 Å². The second-order valence-corrected chi connectivity index (χ2v) is 8.27. The molecule has 0 radical (unpaired) electrons. The summed E-state index contributed by atoms with van der Waals surface area (Å²) >= 11 is 0. The molecule has 0 heterocycles. The number of unbranched alkanes of at least 4 members (excludes halogenated alkanes) is 2. The fraction of sp³-hybridized carbons (Fsp3) is 0.429. The monoisotopic (exact) mass is 498 g/mol. The van der Waals surface area contributed by atoms with Crippen LogP contribution in [0.15, 0.2) is 48.2 Å². The van der Waals surface area contributed by atoms with Crippen molar-refractivity contribution >= 4 is 23.3 Å². The van der Waals surface area contributed by atoms with Gasteiger partial charge in [0.2, 0.25) is 5.76 Å². The average Bonchev–Trinajstić information content (AvgIpc) is 2.88. The third-order valence-electron chi connectivity index (χ3n) is 5.75. The highest BCUT2D eigenvalue weighted by atomic mass is 16.5. The number of rotatable bonds is 14. The Balaban J connectivity index is 2.39. The van der Waals surface area contributed by atoms with Crippen LogP contribution in [0.5, 0.6) is 5.75 Å². The number of carbonyl (C=O) groups is 2. The third kappa shape index (κ3) is 8.02. The summed E-state index contributed by atoms with van der Waals surface area (Å²) in [6, 6.07) is 13.0. The molecular weight excluding hydrogens is 460 g/mol. The number of allylic oxidation sites excluding steroid dienone is 1. The van der Waals surface area contributed by atoms with Gasteiger partial charge in [-0.15, -0.1) is 0 Å². The van der Waals surface area contributed by atoms with Gasteiger partial charge in [-0.25, -0.2) is 9.59 Å². The van der Waals surface area contributed by atoms with E-state index in [1.54, 1.807) is 24.9 Å². The number of ether oxygens (including phenoxy) is 3. The molecule has 2 aromatic carbocycles. The van der Waals surface area contributed by atoms with E-state index in [0.29, 0.717) is 43.3 Å². The van der Waals surface area contributed by atoms with Gasteiger partial charge in [0.15, 0.2) is 0 Å². The van der Waals surface area contributed by atoms with Crippen LogP contribution in [0.1, 0.15) is 45.6 Å². The number of carboxylic acid groups (broad SMARTS) is 1. The lowest BCUT2D eigenvalue weighted by Crippen LogP contribution is -2.37. The number of benzene rings is 2. The third-order valence-corrected chi connectivity index (χ3v) is 5.75. The van der Waals surface area contributed by atoms with Gasteiger partial charge in [-0.05, 0) is 49.6 Å². The van der Waals surface area contributed by atoms with Gasteiger partial charge in [0.25, 0.3) is 0 Å². The van der Waals surface area contributed by atoms with Crippen molar-refractivity contribution in [3.8, 4) is 16.9 Å². The number of methoxy groups -OCH3 is 1. The smallest absolute Gasteiger partial charge is 0.371 e. The van der Waals surface area contributed by atoms with Crippen molar-refractivity contribution in [2.75, 3.05) is 45.4 Å². The predicted octanol–water partition coefficient (Wildman–Crippen LogP) is 5.57. The van der Waals surface area contributed by atoms with Crippen LogP contribution in [-0.2, 0) is 14.3 Å². The highest BCUT2D eigenvalue weighted by Gasteiger charge is 2.17. The standard InChI is InChI=1S/C28H38N2O6/c1-6-8-9-15-29-28(33)30(4)23-12-10-11-22(18-23)24-14-13-21(20(3)26(34-5)27(31)32)19-25(24)36-17-16-35-7-2/h10-14,18-19H,6-9,15-17H2,1-5H3,(H,29,33)(H,31,32). The molecule has 0 saturated heterocycles. The highest BCUT2D eigenvalue weighted by molar-refractivity contribution is 5.94. The van der Waals surface area contributed by atoms with Crippen molar-refractivity contribution in [2.24, 2.45) is 0 Å². The first-order chi connectivity index (χ1) is 17.3. The van der Waals surface area contributed by atoms with Crippen LogP contribution >= 0.6 is 0 Å². The number of anilines is 1. The zero-order valence-electron chi connectivity index (χ0n) is 21.9. The quantitative estimate of drug-likeness (QED) is 0.201. The van der Waals surface area contributed by atoms with Crippen molar-refractivity contribution in [1.29, 1.82) is 0 Å². The lowest BCUT2D eigenvalue weighted by atomic mass is 9.98. The molecule has 0 fully saturated rings. The van der Waals surface area contributed by atoms with Crippen LogP contribution in [0.3, 0.4) is 0 Å². The summed E-state index contributed by atoms with van der Waals surface area (Å²) in [4.78, 5) is 25.7. The Morgan fingerprint density at radius 2 is 1.83 bits per heavy atom. The van der Waals surface area contributed by atoms with E-state index in [4.69, 9.17) is 14.2 Å². The average molecular weight is 499 g/mol. The van der Waals surface area contributed by atoms with Crippen molar-refractivity contribution in [3.05, 3.63) is 53.8 Å². The Morgan fingerprint density at radius 1 is 1.06 bits per heavy atom. The fourth-order valence-corrected chi connectivity index (χ4v) is 3.69. The Hall–Kier alpha value is -3.52. The van der Waals surface area contributed by atoms with Crippen LogP contribution in [-0.4, -0.2) is 57.6 Å². The normalized spacial score (nSPS) is 11.5. The molecule has 0 saturated carbocycles. The van der Waals surface area contributed by atoms with Gasteiger partial charge in [-0.2, -0.15) is 0 Å². The lowest BCUT2D eigenvalue weighted by Gasteiger charge is -2.20. The van der Waals surface area contributed by atoms with Crippen LogP contribution in [0.25, 0.3) is 16.7 Å². The number of urea groups is 1. The largest absolute Gasteiger partial charge is 0.491 e. The lowest BCUT2D eigenvalue weighted by molar-refractivity contribution is -0.135. The van der Waals surface area contributed by atoms with Gasteiger partial charge >= 0.3 is 12.0 Å². The Bertz CT molecular complexity index is 1050. The molecule has 2 rings (SSSR count). The molecule has 0 spiro atoms. The first-order valence-electron chi connectivity index (χ1n) is 12.3. The topological polar surface area (TPSA) is 97.3 Å². The van der Waals surface area contributed by atoms with E-state index < -0.39 is 5.97 Å². The van der Waals surface area contributed by atoms with Gasteiger partial charge in [-0.3, -0.25) is 4.90 Å². The molecular formula is C28H38N2O6. The number of hydrogen-bond acceptors (Lipinski definition) is 5. The number of hydrogen-bond donors (Lipinski definition) is 2. The van der Waals surface area contributed by atoms with E-state index in [1.165, 1.54) is 7.11 Å². The molecule has 0 atom stereocenters. The minimum Gasteiger partial charge on any atom is -0.491 e. The maximum Gasteiger partial charge on any atom is 0.371 e. The molecule has 2 N–H and O–H groups in total. The van der Waals surface area contributed by atoms with Crippen LogP contribution in [0.4, 0.5) is 10.5 Å². The molecule has 0 bridgehead atoms. The Kier molecular flexibility index (Phi) is 11.8. The molecule has 0 aliphatic heterocycles. The minimum atomic E-state index is -1.14. The summed E-state index contributed by atoms with van der Waals surface area (Å²) in [5.41, 5.74) is 3.58. The van der Waals surface area contributed by atoms with E-state index in [0.717, 1.165) is 36.1 Å². The molecule has 2 aromatic rings. The number of aliphatic carboxylic acids is 1. The number of carbonyl (C=O) groups excluding carboxylic acids is 1. The van der Waals surface area contributed by atoms with Gasteiger partial charge in [0.05, 0.1) is 13.7 Å². The van der Waals surface area contributed by atoms with E-state index >= 15 is 0 Å². The van der Waals surface area contributed by atoms with Gasteiger partial charge in [-0.1, -0.05) is 44.0 Å². The number of carboxylic acids is 1. The zero-order valence-corrected chi connectivity index (χ0v) is 21.9. The summed E-state index contributed by atoms with van der Waals surface area (Å²) in [7, 11) is 3.08. The van der Waals surface area contributed by atoms with Crippen LogP contribution in [0, 0.1) is 0 Å². The zero-order chi connectivity index (χ0) is 26.5. The Labute approximate surface area is 213 Å². The molecule has 0 aliphatic rings. The first-order valence-corrected chi connectivity index (χ1v) is 12.3. The van der Waals surface area contributed by atoms with Crippen molar-refractivity contribution in [2.45, 2.75) is 40.0 Å². The van der Waals surface area contributed by atoms with Gasteiger partial charge in [0, 0.05) is 37.0 Å². The molecule has 0 aliphatic carbocycles. The van der Waals surface area contributed by atoms with Crippen molar-refractivity contribution in [1.82, 2.24) is 5.32 Å². The molecule has 8 heteroatoms. The summed E-state index contributed by atoms with van der Waals surface area (Å²) in [5.74, 6) is -0.686. The van der Waals surface area contributed by atoms with E-state index in [9.17, 15) is 14.7 Å². The summed E-state index contributed by atoms with van der Waals surface area (Å²) in [5, 5.41) is 12.4. The molecule has 2 amide bonds. The van der Waals surface area contributed by atoms with Crippen LogP contribution in [0.2, 0.25) is 0 Å². The highest BCUT2D eigenvalue weighted by Crippen LogP contribution is 2.35. The van der Waals surface area contributed by atoms with E-state index in [2.05, 4.69) is 12.2 Å². The second-order valence-electron chi connectivity index (χ2n) is 8.27. The minimum absolute atomic E-state index is 0.128. The van der Waals surface area contributed by atoms with E-state index in [-0.39, 0.29) is 11.8 Å². The predicted molar refractivity (Wildman–Crippen MR) is 142 cm³/mol. The maximum absolute atomic E-state index is 12.6. The van der Waals surface area contributed by atoms with Gasteiger partial charge in [0.1, 0.15) is 12.4 Å². The number of nitrogens with one attached hydrogen (secondary N) is 1. The molecule has 36 heavy (non-hydrogen) atoms. The Morgan fingerprint density at radius 3 is 2.50 bits per heavy atom. The van der Waals surface area contributed by atoms with Gasteiger partial charge < -0.3 is 24.6 Å². The number of amides is 2. The maximum atomic E-state index is 12.6. The second kappa shape index (κ2) is 14.8. The fourth-order valence-electron chi connectivity index (χ4n) is 3.69. The number of nitrogens with zero attached hydrogens (tertiary/aromatic N) is 1. The summed E-state index contributed by atoms with van der Waals surface area (Å²) < 4.78 is 16.5. The van der Waals surface area contributed by atoms with Crippen molar-refractivity contribution in [3.63, 3.8) is 0 Å². The molecule has 8 nitrogen and oxygen atoms in total. The summed E-state index contributed by atoms with van der Waals surface area (Å²) in [6.07, 6.45) is 3.12. The molecule has 0 unspecified atom stereocenters.